The number of H-pyrrole nitrogens is 1. The largest absolute Gasteiger partial charge is 0.483 e. The van der Waals surface area contributed by atoms with Gasteiger partial charge in [0.1, 0.15) is 11.3 Å². The third-order valence-corrected chi connectivity index (χ3v) is 5.08. The number of nitrogens with zero attached hydrogens (tertiary/aromatic N) is 4. The number of carbonyl (C=O) groups excluding carboxylic acids is 2. The lowest BCUT2D eigenvalue weighted by Gasteiger charge is -2.26. The van der Waals surface area contributed by atoms with E-state index in [-0.39, 0.29) is 18.3 Å². The van der Waals surface area contributed by atoms with Gasteiger partial charge in [-0.25, -0.2) is 0 Å². The van der Waals surface area contributed by atoms with Crippen LogP contribution in [0.15, 0.2) is 28.9 Å². The molecule has 0 fully saturated rings. The highest BCUT2D eigenvalue weighted by atomic mass is 16.5. The molecular formula is C21H24N6O5. The van der Waals surface area contributed by atoms with Gasteiger partial charge in [-0.2, -0.15) is 5.10 Å². The molecule has 0 unspecified atom stereocenters. The highest BCUT2D eigenvalue weighted by molar-refractivity contribution is 5.97. The van der Waals surface area contributed by atoms with E-state index in [4.69, 9.17) is 14.4 Å². The minimum Gasteiger partial charge on any atom is -0.483 e. The minimum atomic E-state index is -0.250. The van der Waals surface area contributed by atoms with Gasteiger partial charge < -0.3 is 19.8 Å². The van der Waals surface area contributed by atoms with Gasteiger partial charge >= 0.3 is 0 Å². The molecule has 0 atom stereocenters. The number of carboxylic acid groups (broad SMARTS) is 1. The molecule has 0 saturated heterocycles. The molecule has 4 rings (SSSR count). The SMILES string of the molecule is Cc1noc(C)c1C(=O)N1CCc2c(C(=O)NCCc3ccccn3)n[nH]c2C1.O=CO. The van der Waals surface area contributed by atoms with Crippen molar-refractivity contribution < 1.29 is 24.0 Å². The van der Waals surface area contributed by atoms with Crippen LogP contribution >= 0.6 is 0 Å². The lowest BCUT2D eigenvalue weighted by Crippen LogP contribution is -2.37. The summed E-state index contributed by atoms with van der Waals surface area (Å²) in [6, 6.07) is 5.70. The van der Waals surface area contributed by atoms with Crippen LogP contribution < -0.4 is 5.32 Å². The molecule has 4 heterocycles. The number of aryl methyl sites for hydroxylation is 2. The second-order valence-corrected chi connectivity index (χ2v) is 7.14. The quantitative estimate of drug-likeness (QED) is 0.501. The number of pyridine rings is 1. The zero-order valence-corrected chi connectivity index (χ0v) is 17.8. The summed E-state index contributed by atoms with van der Waals surface area (Å²) in [5.41, 5.74) is 4.04. The molecular weight excluding hydrogens is 416 g/mol. The van der Waals surface area contributed by atoms with Gasteiger partial charge in [0.15, 0.2) is 5.69 Å². The molecule has 0 radical (unpaired) electrons. The maximum absolute atomic E-state index is 12.8. The van der Waals surface area contributed by atoms with E-state index in [2.05, 4.69) is 25.7 Å². The summed E-state index contributed by atoms with van der Waals surface area (Å²) in [6.07, 6.45) is 2.94. The number of nitrogens with one attached hydrogen (secondary N) is 2. The van der Waals surface area contributed by atoms with Crippen molar-refractivity contribution in [3.05, 3.63) is 64.1 Å². The zero-order chi connectivity index (χ0) is 23.1. The van der Waals surface area contributed by atoms with Crippen LogP contribution in [0.1, 0.15) is 49.3 Å². The summed E-state index contributed by atoms with van der Waals surface area (Å²) in [6.45, 7) is 4.58. The number of hydrogen-bond donors (Lipinski definition) is 3. The third kappa shape index (κ3) is 4.99. The predicted octanol–water partition coefficient (Wildman–Crippen LogP) is 1.28. The van der Waals surface area contributed by atoms with Crippen molar-refractivity contribution in [3.8, 4) is 0 Å². The maximum Gasteiger partial charge on any atom is 0.290 e. The third-order valence-electron chi connectivity index (χ3n) is 5.08. The van der Waals surface area contributed by atoms with Gasteiger partial charge in [0, 0.05) is 37.0 Å². The fraction of sp³-hybridized carbons (Fsp3) is 0.333. The molecule has 0 bridgehead atoms. The Hall–Kier alpha value is -4.02. The van der Waals surface area contributed by atoms with Gasteiger partial charge in [0.2, 0.25) is 0 Å². The van der Waals surface area contributed by atoms with Gasteiger partial charge in [-0.05, 0) is 32.4 Å². The second-order valence-electron chi connectivity index (χ2n) is 7.14. The summed E-state index contributed by atoms with van der Waals surface area (Å²) >= 11 is 0. The monoisotopic (exact) mass is 440 g/mol. The van der Waals surface area contributed by atoms with Crippen LogP contribution in [-0.2, 0) is 24.2 Å². The lowest BCUT2D eigenvalue weighted by atomic mass is 10.0. The van der Waals surface area contributed by atoms with Crippen molar-refractivity contribution in [1.82, 2.24) is 30.6 Å². The molecule has 1 aliphatic rings. The fourth-order valence-corrected chi connectivity index (χ4v) is 3.56. The molecule has 32 heavy (non-hydrogen) atoms. The summed E-state index contributed by atoms with van der Waals surface area (Å²) < 4.78 is 5.11. The molecule has 11 nitrogen and oxygen atoms in total. The summed E-state index contributed by atoms with van der Waals surface area (Å²) in [5, 5.41) is 20.7. The Morgan fingerprint density at radius 2 is 2.12 bits per heavy atom. The van der Waals surface area contributed by atoms with Crippen molar-refractivity contribution in [3.63, 3.8) is 0 Å². The number of rotatable bonds is 5. The van der Waals surface area contributed by atoms with Crippen LogP contribution in [0.3, 0.4) is 0 Å². The first kappa shape index (κ1) is 22.7. The Bertz CT molecular complexity index is 1070. The van der Waals surface area contributed by atoms with Gasteiger partial charge in [-0.1, -0.05) is 11.2 Å². The van der Waals surface area contributed by atoms with E-state index in [1.165, 1.54) is 0 Å². The molecule has 0 aromatic carbocycles. The molecule has 168 valence electrons. The van der Waals surface area contributed by atoms with Gasteiger partial charge in [-0.15, -0.1) is 0 Å². The molecule has 11 heteroatoms. The molecule has 1 aliphatic heterocycles. The van der Waals surface area contributed by atoms with E-state index in [9.17, 15) is 9.59 Å². The van der Waals surface area contributed by atoms with E-state index in [0.29, 0.717) is 55.2 Å². The minimum absolute atomic E-state index is 0.122. The Kier molecular flexibility index (Phi) is 7.32. The van der Waals surface area contributed by atoms with Crippen LogP contribution in [0.5, 0.6) is 0 Å². The molecule has 0 saturated carbocycles. The Morgan fingerprint density at radius 3 is 2.78 bits per heavy atom. The Labute approximate surface area is 183 Å². The topological polar surface area (TPSA) is 154 Å². The number of aromatic amines is 1. The Morgan fingerprint density at radius 1 is 1.34 bits per heavy atom. The van der Waals surface area contributed by atoms with Crippen molar-refractivity contribution >= 4 is 18.3 Å². The summed E-state index contributed by atoms with van der Waals surface area (Å²) in [7, 11) is 0. The van der Waals surface area contributed by atoms with E-state index < -0.39 is 0 Å². The summed E-state index contributed by atoms with van der Waals surface area (Å²) in [5.74, 6) is 0.169. The molecule has 3 aromatic heterocycles. The van der Waals surface area contributed by atoms with Crippen LogP contribution in [-0.4, -0.2) is 61.7 Å². The van der Waals surface area contributed by atoms with E-state index >= 15 is 0 Å². The van der Waals surface area contributed by atoms with E-state index in [1.807, 2.05) is 18.2 Å². The average Bonchev–Trinajstić information content (AvgIpc) is 3.37. The smallest absolute Gasteiger partial charge is 0.290 e. The zero-order valence-electron chi connectivity index (χ0n) is 17.8. The van der Waals surface area contributed by atoms with Crippen LogP contribution in [0.2, 0.25) is 0 Å². The fourth-order valence-electron chi connectivity index (χ4n) is 3.56. The van der Waals surface area contributed by atoms with Crippen molar-refractivity contribution in [2.45, 2.75) is 33.2 Å². The highest BCUT2D eigenvalue weighted by Gasteiger charge is 2.30. The van der Waals surface area contributed by atoms with Crippen molar-refractivity contribution in [1.29, 1.82) is 0 Å². The van der Waals surface area contributed by atoms with E-state index in [1.54, 1.807) is 24.9 Å². The first-order valence-electron chi connectivity index (χ1n) is 10.0. The van der Waals surface area contributed by atoms with E-state index in [0.717, 1.165) is 17.0 Å². The highest BCUT2D eigenvalue weighted by Crippen LogP contribution is 2.23. The first-order chi connectivity index (χ1) is 15.5. The molecule has 3 N–H and O–H groups in total. The number of aromatic nitrogens is 4. The van der Waals surface area contributed by atoms with Crippen molar-refractivity contribution in [2.75, 3.05) is 13.1 Å². The maximum atomic E-state index is 12.8. The van der Waals surface area contributed by atoms with Crippen LogP contribution in [0, 0.1) is 13.8 Å². The first-order valence-corrected chi connectivity index (χ1v) is 10.0. The molecule has 3 aromatic rings. The predicted molar refractivity (Wildman–Crippen MR) is 112 cm³/mol. The number of amides is 2. The van der Waals surface area contributed by atoms with Crippen LogP contribution in [0.25, 0.3) is 0 Å². The number of carbonyl (C=O) groups is 3. The number of fused-ring (bicyclic) bond motifs is 1. The van der Waals surface area contributed by atoms with Crippen molar-refractivity contribution in [2.24, 2.45) is 0 Å². The average molecular weight is 440 g/mol. The van der Waals surface area contributed by atoms with Gasteiger partial charge in [0.05, 0.1) is 17.9 Å². The molecule has 2 amide bonds. The Balaban J connectivity index is 0.000000913. The number of hydrogen-bond acceptors (Lipinski definition) is 7. The molecule has 0 spiro atoms. The van der Waals surface area contributed by atoms with Gasteiger partial charge in [0.25, 0.3) is 18.3 Å². The molecule has 0 aliphatic carbocycles. The normalized spacial score (nSPS) is 12.4. The van der Waals surface area contributed by atoms with Crippen LogP contribution in [0.4, 0.5) is 0 Å². The summed E-state index contributed by atoms with van der Waals surface area (Å²) in [4.78, 5) is 39.7. The lowest BCUT2D eigenvalue weighted by molar-refractivity contribution is -0.122. The van der Waals surface area contributed by atoms with Gasteiger partial charge in [-0.3, -0.25) is 24.5 Å². The standard InChI is InChI=1S/C20H22N6O3.CH2O2/c1-12-17(13(2)29-25-12)20(28)26-10-7-15-16(11-26)23-24-18(15)19(27)22-9-6-14-5-3-4-8-21-14;2-1-3/h3-5,8H,6-7,9-11H2,1-2H3,(H,22,27)(H,23,24);1H,(H,2,3). The second kappa shape index (κ2) is 10.3.